The molecule has 0 aromatic heterocycles. The molecule has 4 nitrogen and oxygen atoms in total. The molecule has 3 fully saturated rings. The van der Waals surface area contributed by atoms with Gasteiger partial charge in [0.15, 0.2) is 0 Å². The first-order valence-electron chi connectivity index (χ1n) is 10.7. The maximum absolute atomic E-state index is 12.8. The molecule has 3 aliphatic rings. The van der Waals surface area contributed by atoms with Crippen molar-refractivity contribution < 1.29 is 18.7 Å². The lowest BCUT2D eigenvalue weighted by atomic mass is 9.62. The van der Waals surface area contributed by atoms with Crippen LogP contribution in [-0.2, 0) is 13.6 Å². The smallest absolute Gasteiger partial charge is 0.330 e. The van der Waals surface area contributed by atoms with Crippen molar-refractivity contribution in [3.05, 3.63) is 0 Å². The zero-order valence-corrected chi connectivity index (χ0v) is 18.3. The van der Waals surface area contributed by atoms with Gasteiger partial charge in [-0.15, -0.1) is 0 Å². The lowest BCUT2D eigenvalue weighted by Gasteiger charge is -2.44. The van der Waals surface area contributed by atoms with E-state index >= 15 is 0 Å². The summed E-state index contributed by atoms with van der Waals surface area (Å²) < 4.78 is 23.7. The Balaban J connectivity index is 1.76. The summed E-state index contributed by atoms with van der Waals surface area (Å²) in [5, 5.41) is 11.2. The SMILES string of the molecule is CCOP(=O)(CC[C@@H](O)[C@H]1[C@H]2CC[C@@H]3[C@@H]2C(C)(C)CCC[C@]13C)OCC. The second kappa shape index (κ2) is 7.50. The predicted octanol–water partition coefficient (Wildman–Crippen LogP) is 5.49. The molecule has 0 aromatic carbocycles. The highest BCUT2D eigenvalue weighted by molar-refractivity contribution is 7.53. The van der Waals surface area contributed by atoms with Gasteiger partial charge in [0, 0.05) is 0 Å². The molecule has 3 saturated carbocycles. The minimum atomic E-state index is -3.07. The van der Waals surface area contributed by atoms with Gasteiger partial charge in [-0.1, -0.05) is 27.2 Å². The van der Waals surface area contributed by atoms with Gasteiger partial charge in [0.2, 0.25) is 0 Å². The average Bonchev–Trinajstić information content (AvgIpc) is 3.05. The molecule has 0 aromatic rings. The Labute approximate surface area is 160 Å². The maximum atomic E-state index is 12.8. The minimum absolute atomic E-state index is 0.238. The Kier molecular flexibility index (Phi) is 6.01. The van der Waals surface area contributed by atoms with E-state index in [4.69, 9.17) is 9.05 Å². The van der Waals surface area contributed by atoms with E-state index in [-0.39, 0.29) is 5.41 Å². The van der Waals surface area contributed by atoms with Crippen LogP contribution in [0.15, 0.2) is 0 Å². The molecule has 3 rings (SSSR count). The van der Waals surface area contributed by atoms with Crippen LogP contribution in [0.1, 0.15) is 73.1 Å². The second-order valence-electron chi connectivity index (χ2n) is 9.77. The Bertz CT molecular complexity index is 538. The molecular weight excluding hydrogens is 347 g/mol. The molecule has 0 amide bonds. The Hall–Kier alpha value is 0.110. The Morgan fingerprint density at radius 2 is 1.77 bits per heavy atom. The summed E-state index contributed by atoms with van der Waals surface area (Å²) in [6, 6.07) is 0. The summed E-state index contributed by atoms with van der Waals surface area (Å²) >= 11 is 0. The van der Waals surface area contributed by atoms with Crippen molar-refractivity contribution in [3.8, 4) is 0 Å². The Morgan fingerprint density at radius 3 is 2.38 bits per heavy atom. The normalized spacial score (nSPS) is 39.8. The molecule has 1 N–H and O–H groups in total. The molecule has 0 saturated heterocycles. The molecule has 6 atom stereocenters. The van der Waals surface area contributed by atoms with E-state index in [9.17, 15) is 9.67 Å². The van der Waals surface area contributed by atoms with Crippen molar-refractivity contribution in [1.82, 2.24) is 0 Å². The number of hydrogen-bond donors (Lipinski definition) is 1. The van der Waals surface area contributed by atoms with Crippen molar-refractivity contribution in [2.45, 2.75) is 79.2 Å². The molecule has 0 spiro atoms. The third-order valence-corrected chi connectivity index (χ3v) is 10.1. The summed E-state index contributed by atoms with van der Waals surface area (Å²) in [6.07, 6.45) is 6.84. The summed E-state index contributed by atoms with van der Waals surface area (Å²) in [5.74, 6) is 2.44. The summed E-state index contributed by atoms with van der Waals surface area (Å²) in [4.78, 5) is 0. The van der Waals surface area contributed by atoms with Gasteiger partial charge in [0.25, 0.3) is 0 Å². The third-order valence-electron chi connectivity index (χ3n) is 7.98. The second-order valence-corrected chi connectivity index (χ2v) is 12.0. The molecule has 0 aliphatic heterocycles. The zero-order chi connectivity index (χ0) is 19.2. The standard InChI is InChI=1S/C21H39O4P/c1-6-24-26(23,25-7-2)14-11-17(22)19-15-9-10-16-18(15)20(3,4)12-8-13-21(16,19)5/h15-19,22H,6-14H2,1-5H3/t15-,16+,17+,18+,19+,21-/m0/s1. The van der Waals surface area contributed by atoms with E-state index in [0.29, 0.717) is 43.0 Å². The van der Waals surface area contributed by atoms with Gasteiger partial charge < -0.3 is 14.2 Å². The highest BCUT2D eigenvalue weighted by atomic mass is 31.2. The Morgan fingerprint density at radius 1 is 1.12 bits per heavy atom. The largest absolute Gasteiger partial charge is 0.393 e. The van der Waals surface area contributed by atoms with Crippen molar-refractivity contribution in [2.75, 3.05) is 19.4 Å². The number of aliphatic hydroxyl groups excluding tert-OH is 1. The van der Waals surface area contributed by atoms with Gasteiger partial charge in [0.1, 0.15) is 0 Å². The van der Waals surface area contributed by atoms with Gasteiger partial charge in [-0.3, -0.25) is 4.57 Å². The van der Waals surface area contributed by atoms with Gasteiger partial charge in [-0.25, -0.2) is 0 Å². The fraction of sp³-hybridized carbons (Fsp3) is 1.00. The summed E-state index contributed by atoms with van der Waals surface area (Å²) in [7, 11) is -3.07. The predicted molar refractivity (Wildman–Crippen MR) is 105 cm³/mol. The van der Waals surface area contributed by atoms with Crippen LogP contribution in [-0.4, -0.2) is 30.6 Å². The van der Waals surface area contributed by atoms with Crippen molar-refractivity contribution in [2.24, 2.45) is 34.5 Å². The lowest BCUT2D eigenvalue weighted by molar-refractivity contribution is -0.0230. The summed E-state index contributed by atoms with van der Waals surface area (Å²) in [6.45, 7) is 11.8. The molecule has 152 valence electrons. The molecule has 3 aliphatic carbocycles. The monoisotopic (exact) mass is 386 g/mol. The van der Waals surface area contributed by atoms with Crippen molar-refractivity contribution in [1.29, 1.82) is 0 Å². The minimum Gasteiger partial charge on any atom is -0.393 e. The molecule has 0 radical (unpaired) electrons. The molecule has 4 bridgehead atoms. The van der Waals surface area contributed by atoms with E-state index in [2.05, 4.69) is 20.8 Å². The molecule has 5 heteroatoms. The first-order chi connectivity index (χ1) is 12.2. The quantitative estimate of drug-likeness (QED) is 0.560. The zero-order valence-electron chi connectivity index (χ0n) is 17.4. The van der Waals surface area contributed by atoms with Crippen LogP contribution in [0.4, 0.5) is 0 Å². The van der Waals surface area contributed by atoms with Crippen LogP contribution in [0.3, 0.4) is 0 Å². The highest BCUT2D eigenvalue weighted by Crippen LogP contribution is 2.71. The number of hydrogen-bond acceptors (Lipinski definition) is 4. The van der Waals surface area contributed by atoms with Crippen LogP contribution < -0.4 is 0 Å². The van der Waals surface area contributed by atoms with Crippen LogP contribution in [0, 0.1) is 34.5 Å². The summed E-state index contributed by atoms with van der Waals surface area (Å²) in [5.41, 5.74) is 0.617. The fourth-order valence-corrected chi connectivity index (χ4v) is 8.93. The van der Waals surface area contributed by atoms with Gasteiger partial charge >= 0.3 is 7.60 Å². The maximum Gasteiger partial charge on any atom is 0.330 e. The van der Waals surface area contributed by atoms with E-state index in [1.807, 2.05) is 13.8 Å². The third kappa shape index (κ3) is 3.45. The van der Waals surface area contributed by atoms with E-state index in [1.165, 1.54) is 32.1 Å². The van der Waals surface area contributed by atoms with Gasteiger partial charge in [0.05, 0.1) is 25.5 Å². The van der Waals surface area contributed by atoms with E-state index < -0.39 is 13.7 Å². The number of aliphatic hydroxyl groups is 1. The van der Waals surface area contributed by atoms with Crippen LogP contribution in [0.25, 0.3) is 0 Å². The molecular formula is C21H39O4P. The lowest BCUT2D eigenvalue weighted by Crippen LogP contribution is -2.41. The van der Waals surface area contributed by atoms with E-state index in [1.54, 1.807) is 0 Å². The topological polar surface area (TPSA) is 55.8 Å². The van der Waals surface area contributed by atoms with Gasteiger partial charge in [-0.2, -0.15) is 0 Å². The molecule has 0 heterocycles. The first-order valence-corrected chi connectivity index (χ1v) is 12.5. The van der Waals surface area contributed by atoms with Crippen LogP contribution in [0.2, 0.25) is 0 Å². The van der Waals surface area contributed by atoms with Crippen LogP contribution in [0.5, 0.6) is 0 Å². The fourth-order valence-electron chi connectivity index (χ4n) is 7.23. The first kappa shape index (κ1) is 20.8. The number of rotatable bonds is 8. The molecule has 0 unspecified atom stereocenters. The van der Waals surface area contributed by atoms with E-state index in [0.717, 1.165) is 11.8 Å². The average molecular weight is 387 g/mol. The van der Waals surface area contributed by atoms with Crippen molar-refractivity contribution in [3.63, 3.8) is 0 Å². The molecule has 26 heavy (non-hydrogen) atoms. The highest BCUT2D eigenvalue weighted by Gasteiger charge is 2.66. The van der Waals surface area contributed by atoms with Crippen molar-refractivity contribution >= 4 is 7.60 Å². The van der Waals surface area contributed by atoms with Gasteiger partial charge in [-0.05, 0) is 80.5 Å². The van der Waals surface area contributed by atoms with Crippen LogP contribution >= 0.6 is 7.60 Å².